The zero-order valence-electron chi connectivity index (χ0n) is 12.4. The first-order chi connectivity index (χ1) is 8.87. The topological polar surface area (TPSA) is 24.9 Å². The molecule has 2 heterocycles. The van der Waals surface area contributed by atoms with E-state index in [1.165, 1.54) is 27.1 Å². The van der Waals surface area contributed by atoms with Crippen LogP contribution in [-0.2, 0) is 6.54 Å². The molecule has 2 unspecified atom stereocenters. The molecule has 1 aromatic heterocycles. The van der Waals surface area contributed by atoms with Crippen LogP contribution in [0.5, 0.6) is 0 Å². The van der Waals surface area contributed by atoms with Crippen molar-refractivity contribution in [1.29, 1.82) is 0 Å². The van der Waals surface area contributed by atoms with Gasteiger partial charge < -0.3 is 5.32 Å². The molecule has 1 aliphatic heterocycles. The monoisotopic (exact) mass is 316 g/mol. The molecule has 108 valence electrons. The van der Waals surface area contributed by atoms with Crippen molar-refractivity contribution in [2.45, 2.75) is 57.2 Å². The number of aromatic nitrogens is 1. The maximum atomic E-state index is 4.83. The first kappa shape index (κ1) is 15.7. The van der Waals surface area contributed by atoms with Crippen molar-refractivity contribution >= 4 is 34.9 Å². The predicted molar refractivity (Wildman–Crippen MR) is 90.6 cm³/mol. The number of rotatable bonds is 3. The second kappa shape index (κ2) is 6.37. The predicted octanol–water partition coefficient (Wildman–Crippen LogP) is 4.25. The van der Waals surface area contributed by atoms with Gasteiger partial charge in [0, 0.05) is 33.7 Å². The van der Waals surface area contributed by atoms with E-state index in [2.05, 4.69) is 63.5 Å². The summed E-state index contributed by atoms with van der Waals surface area (Å²) in [5, 5.41) is 6.17. The first-order valence-electron chi connectivity index (χ1n) is 6.81. The molecule has 1 N–H and O–H groups in total. The third-order valence-electron chi connectivity index (χ3n) is 3.12. The van der Waals surface area contributed by atoms with E-state index < -0.39 is 0 Å². The fourth-order valence-electron chi connectivity index (χ4n) is 1.99. The average molecular weight is 317 g/mol. The molecule has 1 saturated heterocycles. The Kier molecular flexibility index (Phi) is 5.26. The van der Waals surface area contributed by atoms with E-state index in [9.17, 15) is 0 Å². The van der Waals surface area contributed by atoms with Crippen molar-refractivity contribution in [2.75, 3.05) is 11.5 Å². The lowest BCUT2D eigenvalue weighted by atomic mass is 10.1. The van der Waals surface area contributed by atoms with Gasteiger partial charge in [0.25, 0.3) is 0 Å². The summed E-state index contributed by atoms with van der Waals surface area (Å²) in [6.07, 6.45) is 0. The molecular formula is C14H24N2S3. The average Bonchev–Trinajstić information content (AvgIpc) is 2.68. The molecule has 0 amide bonds. The number of thioether (sulfide) groups is 2. The van der Waals surface area contributed by atoms with E-state index in [1.807, 2.05) is 11.3 Å². The van der Waals surface area contributed by atoms with Gasteiger partial charge in [0.15, 0.2) is 0 Å². The molecular weight excluding hydrogens is 292 g/mol. The molecule has 1 aliphatic rings. The van der Waals surface area contributed by atoms with Crippen LogP contribution in [0.2, 0.25) is 0 Å². The van der Waals surface area contributed by atoms with Crippen molar-refractivity contribution in [3.8, 4) is 0 Å². The number of hydrogen-bond acceptors (Lipinski definition) is 5. The van der Waals surface area contributed by atoms with Crippen molar-refractivity contribution in [3.63, 3.8) is 0 Å². The Morgan fingerprint density at radius 2 is 1.95 bits per heavy atom. The van der Waals surface area contributed by atoms with Crippen LogP contribution in [-0.4, -0.2) is 27.3 Å². The lowest BCUT2D eigenvalue weighted by Crippen LogP contribution is -2.34. The molecule has 2 nitrogen and oxygen atoms in total. The summed E-state index contributed by atoms with van der Waals surface area (Å²) in [5.74, 6) is 2.54. The fraction of sp³-hybridized carbons (Fsp3) is 0.786. The number of hydrogen-bond donors (Lipinski definition) is 1. The van der Waals surface area contributed by atoms with Crippen molar-refractivity contribution in [2.24, 2.45) is 0 Å². The van der Waals surface area contributed by atoms with E-state index in [0.29, 0.717) is 10.5 Å². The molecule has 19 heavy (non-hydrogen) atoms. The van der Waals surface area contributed by atoms with Gasteiger partial charge in [0.1, 0.15) is 5.01 Å². The third-order valence-corrected chi connectivity index (χ3v) is 7.61. The zero-order chi connectivity index (χ0) is 14.0. The molecule has 1 aromatic rings. The molecule has 5 heteroatoms. The molecule has 0 saturated carbocycles. The van der Waals surface area contributed by atoms with E-state index in [0.717, 1.165) is 6.54 Å². The second-order valence-electron chi connectivity index (χ2n) is 6.03. The summed E-state index contributed by atoms with van der Waals surface area (Å²) in [7, 11) is 0. The maximum Gasteiger partial charge on any atom is 0.107 e. The van der Waals surface area contributed by atoms with Crippen molar-refractivity contribution in [3.05, 3.63) is 15.6 Å². The van der Waals surface area contributed by atoms with Crippen LogP contribution in [0.15, 0.2) is 0 Å². The Morgan fingerprint density at radius 3 is 2.58 bits per heavy atom. The van der Waals surface area contributed by atoms with Crippen LogP contribution >= 0.6 is 34.9 Å². The summed E-state index contributed by atoms with van der Waals surface area (Å²) in [4.78, 5) is 6.23. The highest BCUT2D eigenvalue weighted by Gasteiger charge is 2.27. The van der Waals surface area contributed by atoms with Crippen molar-refractivity contribution < 1.29 is 0 Å². The molecule has 2 rings (SSSR count). The highest BCUT2D eigenvalue weighted by atomic mass is 32.2. The van der Waals surface area contributed by atoms with E-state index in [1.54, 1.807) is 0 Å². The van der Waals surface area contributed by atoms with Crippen LogP contribution in [0.3, 0.4) is 0 Å². The van der Waals surface area contributed by atoms with Crippen molar-refractivity contribution in [1.82, 2.24) is 10.3 Å². The summed E-state index contributed by atoms with van der Waals surface area (Å²) < 4.78 is 0. The summed E-state index contributed by atoms with van der Waals surface area (Å²) in [6.45, 7) is 12.0. The van der Waals surface area contributed by atoms with Gasteiger partial charge in [-0.1, -0.05) is 6.92 Å². The number of nitrogens with zero attached hydrogens (tertiary/aromatic N) is 1. The molecule has 0 bridgehead atoms. The highest BCUT2D eigenvalue weighted by Crippen LogP contribution is 2.44. The minimum absolute atomic E-state index is 0.166. The van der Waals surface area contributed by atoms with Gasteiger partial charge in [-0.25, -0.2) is 4.98 Å². The number of thiazole rings is 1. The molecule has 0 spiro atoms. The van der Waals surface area contributed by atoms with E-state index in [4.69, 9.17) is 4.98 Å². The quantitative estimate of drug-likeness (QED) is 0.901. The van der Waals surface area contributed by atoms with Gasteiger partial charge in [0.05, 0.1) is 10.9 Å². The smallest absolute Gasteiger partial charge is 0.107 e. The largest absolute Gasteiger partial charge is 0.307 e. The van der Waals surface area contributed by atoms with Crippen LogP contribution in [0, 0.1) is 6.92 Å². The van der Waals surface area contributed by atoms with Crippen LogP contribution in [0.25, 0.3) is 0 Å². The van der Waals surface area contributed by atoms with E-state index in [-0.39, 0.29) is 5.54 Å². The summed E-state index contributed by atoms with van der Waals surface area (Å²) in [5.41, 5.74) is 1.37. The Hall–Kier alpha value is 0.290. The van der Waals surface area contributed by atoms with Crippen LogP contribution in [0.4, 0.5) is 0 Å². The SMILES string of the molecule is Cc1nc(C2SCCSC2C)sc1CNC(C)(C)C. The third kappa shape index (κ3) is 4.38. The molecule has 0 radical (unpaired) electrons. The minimum atomic E-state index is 0.166. The lowest BCUT2D eigenvalue weighted by molar-refractivity contribution is 0.425. The van der Waals surface area contributed by atoms with E-state index >= 15 is 0 Å². The van der Waals surface area contributed by atoms with Gasteiger partial charge in [0.2, 0.25) is 0 Å². The van der Waals surface area contributed by atoms with Gasteiger partial charge >= 0.3 is 0 Å². The Balaban J connectivity index is 2.07. The Morgan fingerprint density at radius 1 is 1.26 bits per heavy atom. The second-order valence-corrected chi connectivity index (χ2v) is 9.88. The molecule has 1 fully saturated rings. The van der Waals surface area contributed by atoms with Gasteiger partial charge in [-0.05, 0) is 27.7 Å². The van der Waals surface area contributed by atoms with Gasteiger partial charge in [-0.15, -0.1) is 23.1 Å². The Labute approximate surface area is 129 Å². The maximum absolute atomic E-state index is 4.83. The zero-order valence-corrected chi connectivity index (χ0v) is 14.9. The minimum Gasteiger partial charge on any atom is -0.307 e. The lowest BCUT2D eigenvalue weighted by Gasteiger charge is -2.26. The van der Waals surface area contributed by atoms with Crippen LogP contribution < -0.4 is 5.32 Å². The normalized spacial score (nSPS) is 24.7. The first-order valence-corrected chi connectivity index (χ1v) is 9.72. The fourth-order valence-corrected chi connectivity index (χ4v) is 6.15. The van der Waals surface area contributed by atoms with Crippen LogP contribution in [0.1, 0.15) is 48.5 Å². The van der Waals surface area contributed by atoms with Gasteiger partial charge in [-0.3, -0.25) is 0 Å². The Bertz CT molecular complexity index is 423. The number of aryl methyl sites for hydroxylation is 1. The highest BCUT2D eigenvalue weighted by molar-refractivity contribution is 8.06. The molecule has 0 aliphatic carbocycles. The molecule has 0 aromatic carbocycles. The summed E-state index contributed by atoms with van der Waals surface area (Å²) >= 11 is 6.06. The number of nitrogens with one attached hydrogen (secondary N) is 1. The molecule has 2 atom stereocenters. The standard InChI is InChI=1S/C14H24N2S3/c1-9-11(8-15-14(3,4)5)19-13(16-9)12-10(2)17-6-7-18-12/h10,12,15H,6-8H2,1-5H3. The van der Waals surface area contributed by atoms with Gasteiger partial charge in [-0.2, -0.15) is 11.8 Å². The summed E-state index contributed by atoms with van der Waals surface area (Å²) in [6, 6.07) is 0.